The van der Waals surface area contributed by atoms with Gasteiger partial charge in [0.2, 0.25) is 0 Å². The molecule has 0 saturated carbocycles. The van der Waals surface area contributed by atoms with Gasteiger partial charge < -0.3 is 9.64 Å². The lowest BCUT2D eigenvalue weighted by molar-refractivity contribution is 0.00702. The molecule has 0 radical (unpaired) electrons. The highest BCUT2D eigenvalue weighted by molar-refractivity contribution is 6.32. The summed E-state index contributed by atoms with van der Waals surface area (Å²) < 4.78 is 7.29. The minimum atomic E-state index is -0.0554. The van der Waals surface area contributed by atoms with Crippen molar-refractivity contribution in [3.63, 3.8) is 0 Å². The van der Waals surface area contributed by atoms with E-state index in [1.807, 2.05) is 30.0 Å². The number of para-hydroxylation sites is 1. The predicted molar refractivity (Wildman–Crippen MR) is 89.1 cm³/mol. The minimum absolute atomic E-state index is 0.0554. The van der Waals surface area contributed by atoms with E-state index in [4.69, 9.17) is 16.3 Å². The SMILES string of the molecule is CCO[C@@H]1CCCN(C(=O)c2ccn(-c3ccccc3Cl)n2)C1. The number of hydrogen-bond acceptors (Lipinski definition) is 3. The van der Waals surface area contributed by atoms with Gasteiger partial charge in [-0.25, -0.2) is 4.68 Å². The Labute approximate surface area is 140 Å². The summed E-state index contributed by atoms with van der Waals surface area (Å²) >= 11 is 6.18. The fraction of sp³-hybridized carbons (Fsp3) is 0.412. The number of ether oxygens (including phenoxy) is 1. The van der Waals surface area contributed by atoms with E-state index in [1.165, 1.54) is 0 Å². The fourth-order valence-electron chi connectivity index (χ4n) is 2.87. The highest BCUT2D eigenvalue weighted by atomic mass is 35.5. The Morgan fingerprint density at radius 2 is 2.22 bits per heavy atom. The zero-order valence-corrected chi connectivity index (χ0v) is 13.9. The van der Waals surface area contributed by atoms with Crippen molar-refractivity contribution < 1.29 is 9.53 Å². The summed E-state index contributed by atoms with van der Waals surface area (Å²) in [6.07, 6.45) is 3.86. The lowest BCUT2D eigenvalue weighted by atomic mass is 10.1. The van der Waals surface area contributed by atoms with Crippen molar-refractivity contribution in [3.05, 3.63) is 47.2 Å². The molecular weight excluding hydrogens is 314 g/mol. The van der Waals surface area contributed by atoms with Gasteiger partial charge >= 0.3 is 0 Å². The monoisotopic (exact) mass is 333 g/mol. The van der Waals surface area contributed by atoms with Crippen LogP contribution in [0.15, 0.2) is 36.5 Å². The van der Waals surface area contributed by atoms with Crippen LogP contribution in [0.25, 0.3) is 5.69 Å². The number of amides is 1. The third-order valence-corrected chi connectivity index (χ3v) is 4.29. The van der Waals surface area contributed by atoms with Crippen LogP contribution in [0.5, 0.6) is 0 Å². The Balaban J connectivity index is 1.75. The number of hydrogen-bond donors (Lipinski definition) is 0. The zero-order valence-electron chi connectivity index (χ0n) is 13.1. The second-order valence-corrected chi connectivity index (χ2v) is 5.97. The van der Waals surface area contributed by atoms with E-state index in [1.54, 1.807) is 23.0 Å². The number of nitrogens with zero attached hydrogens (tertiary/aromatic N) is 3. The molecule has 5 nitrogen and oxygen atoms in total. The molecule has 1 aromatic heterocycles. The van der Waals surface area contributed by atoms with E-state index in [-0.39, 0.29) is 12.0 Å². The quantitative estimate of drug-likeness (QED) is 0.863. The normalized spacial score (nSPS) is 18.2. The van der Waals surface area contributed by atoms with Gasteiger partial charge in [0.1, 0.15) is 0 Å². The summed E-state index contributed by atoms with van der Waals surface area (Å²) in [5.74, 6) is -0.0554. The number of likely N-dealkylation sites (tertiary alicyclic amines) is 1. The second kappa shape index (κ2) is 7.15. The summed E-state index contributed by atoms with van der Waals surface area (Å²) in [6.45, 7) is 4.03. The number of piperidine rings is 1. The molecule has 6 heteroatoms. The van der Waals surface area contributed by atoms with Crippen LogP contribution in [0, 0.1) is 0 Å². The van der Waals surface area contributed by atoms with E-state index < -0.39 is 0 Å². The van der Waals surface area contributed by atoms with Crippen molar-refractivity contribution in [1.29, 1.82) is 0 Å². The van der Waals surface area contributed by atoms with E-state index in [0.29, 0.717) is 23.9 Å². The van der Waals surface area contributed by atoms with Crippen LogP contribution in [0.2, 0.25) is 5.02 Å². The van der Waals surface area contributed by atoms with Gasteiger partial charge in [0.05, 0.1) is 16.8 Å². The van der Waals surface area contributed by atoms with Crippen LogP contribution in [-0.4, -0.2) is 46.4 Å². The molecule has 1 aromatic carbocycles. The summed E-state index contributed by atoms with van der Waals surface area (Å²) in [5.41, 5.74) is 1.20. The van der Waals surface area contributed by atoms with Crippen molar-refractivity contribution in [2.45, 2.75) is 25.9 Å². The number of halogens is 1. The van der Waals surface area contributed by atoms with Crippen LogP contribution in [0.3, 0.4) is 0 Å². The Kier molecular flexibility index (Phi) is 4.98. The first-order valence-electron chi connectivity index (χ1n) is 7.90. The molecule has 122 valence electrons. The molecule has 1 atom stereocenters. The topological polar surface area (TPSA) is 47.4 Å². The van der Waals surface area contributed by atoms with E-state index >= 15 is 0 Å². The largest absolute Gasteiger partial charge is 0.377 e. The molecule has 1 aliphatic heterocycles. The minimum Gasteiger partial charge on any atom is -0.377 e. The lowest BCUT2D eigenvalue weighted by Crippen LogP contribution is -2.43. The maximum atomic E-state index is 12.6. The van der Waals surface area contributed by atoms with Gasteiger partial charge in [-0.2, -0.15) is 5.10 Å². The summed E-state index contributed by atoms with van der Waals surface area (Å²) in [6, 6.07) is 9.16. The van der Waals surface area contributed by atoms with Crippen molar-refractivity contribution >= 4 is 17.5 Å². The van der Waals surface area contributed by atoms with Gasteiger partial charge in [0, 0.05) is 25.9 Å². The molecule has 1 saturated heterocycles. The predicted octanol–water partition coefficient (Wildman–Crippen LogP) is 3.17. The first kappa shape index (κ1) is 16.0. The van der Waals surface area contributed by atoms with Gasteiger partial charge in [0.25, 0.3) is 5.91 Å². The van der Waals surface area contributed by atoms with Crippen LogP contribution < -0.4 is 0 Å². The van der Waals surface area contributed by atoms with E-state index in [2.05, 4.69) is 5.10 Å². The standard InChI is InChI=1S/C17H20ClN3O2/c1-2-23-13-6-5-10-20(12-13)17(22)15-9-11-21(19-15)16-8-4-3-7-14(16)18/h3-4,7-9,11,13H,2,5-6,10,12H2,1H3/t13-/m1/s1. The highest BCUT2D eigenvalue weighted by Gasteiger charge is 2.26. The molecule has 0 spiro atoms. The Morgan fingerprint density at radius 3 is 3.00 bits per heavy atom. The molecule has 0 aliphatic carbocycles. The van der Waals surface area contributed by atoms with Gasteiger partial charge in [-0.05, 0) is 38.0 Å². The molecule has 3 rings (SSSR count). The first-order valence-corrected chi connectivity index (χ1v) is 8.28. The average molecular weight is 334 g/mol. The van der Waals surface area contributed by atoms with E-state index in [9.17, 15) is 4.79 Å². The van der Waals surface area contributed by atoms with Gasteiger partial charge in [0.15, 0.2) is 5.69 Å². The molecule has 1 fully saturated rings. The van der Waals surface area contributed by atoms with Crippen molar-refractivity contribution in [2.24, 2.45) is 0 Å². The Bertz CT molecular complexity index is 684. The number of aromatic nitrogens is 2. The Hall–Kier alpha value is -1.85. The second-order valence-electron chi connectivity index (χ2n) is 5.57. The number of carbonyl (C=O) groups excluding carboxylic acids is 1. The lowest BCUT2D eigenvalue weighted by Gasteiger charge is -2.32. The number of benzene rings is 1. The van der Waals surface area contributed by atoms with Crippen LogP contribution in [0.4, 0.5) is 0 Å². The molecule has 0 bridgehead atoms. The third kappa shape index (κ3) is 3.57. The van der Waals surface area contributed by atoms with Crippen LogP contribution in [-0.2, 0) is 4.74 Å². The fourth-order valence-corrected chi connectivity index (χ4v) is 3.09. The number of carbonyl (C=O) groups is 1. The van der Waals surface area contributed by atoms with Crippen molar-refractivity contribution in [2.75, 3.05) is 19.7 Å². The first-order chi connectivity index (χ1) is 11.2. The maximum absolute atomic E-state index is 12.6. The summed E-state index contributed by atoms with van der Waals surface area (Å²) in [4.78, 5) is 14.5. The molecule has 0 N–H and O–H groups in total. The third-order valence-electron chi connectivity index (χ3n) is 3.98. The summed E-state index contributed by atoms with van der Waals surface area (Å²) in [7, 11) is 0. The van der Waals surface area contributed by atoms with E-state index in [0.717, 1.165) is 25.1 Å². The van der Waals surface area contributed by atoms with Gasteiger partial charge in [-0.15, -0.1) is 0 Å². The maximum Gasteiger partial charge on any atom is 0.274 e. The molecule has 1 amide bonds. The van der Waals surface area contributed by atoms with Gasteiger partial charge in [-0.1, -0.05) is 23.7 Å². The molecular formula is C17H20ClN3O2. The van der Waals surface area contributed by atoms with Crippen molar-refractivity contribution in [1.82, 2.24) is 14.7 Å². The molecule has 1 aliphatic rings. The smallest absolute Gasteiger partial charge is 0.274 e. The Morgan fingerprint density at radius 1 is 1.39 bits per heavy atom. The van der Waals surface area contributed by atoms with Gasteiger partial charge in [-0.3, -0.25) is 4.79 Å². The highest BCUT2D eigenvalue weighted by Crippen LogP contribution is 2.20. The molecule has 0 unspecified atom stereocenters. The molecule has 2 heterocycles. The zero-order chi connectivity index (χ0) is 16.2. The van der Waals surface area contributed by atoms with Crippen LogP contribution >= 0.6 is 11.6 Å². The van der Waals surface area contributed by atoms with Crippen LogP contribution in [0.1, 0.15) is 30.3 Å². The van der Waals surface area contributed by atoms with Crippen molar-refractivity contribution in [3.8, 4) is 5.69 Å². The molecule has 2 aromatic rings. The summed E-state index contributed by atoms with van der Waals surface area (Å²) in [5, 5.41) is 4.99. The molecule has 23 heavy (non-hydrogen) atoms. The average Bonchev–Trinajstić information content (AvgIpc) is 3.05. The number of rotatable bonds is 4.